The van der Waals surface area contributed by atoms with Crippen molar-refractivity contribution in [3.8, 4) is 11.5 Å². The summed E-state index contributed by atoms with van der Waals surface area (Å²) in [5.74, 6) is 2.18. The summed E-state index contributed by atoms with van der Waals surface area (Å²) in [5, 5.41) is 3.06. The SMILES string of the molecule is COc1cc2cc(c1OC)CCCNC(=O)CCC[C@H]1[C@H]3C[C@@H](CN(C(=O)[C@H]4COCCN4C)C3)CN1C(=O)CC2. The standard InChI is InChI=1S/C31H46N4O6/c1-33-12-13-41-20-26(33)31(38)34-17-22-15-24(19-34)25-7-4-8-28(36)32-11-5-6-23-14-21(9-10-29(37)35(25)18-22)16-27(39-2)30(23)40-3/h14,16,22,24-26H,4-13,15,17-20H2,1-3H3,(H,32,36)/t22-,24-,25-,26+/m0/s1. The minimum Gasteiger partial charge on any atom is -0.493 e. The number of nitrogens with zero attached hydrogens (tertiary/aromatic N) is 3. The number of hydrogen-bond acceptors (Lipinski definition) is 7. The van der Waals surface area contributed by atoms with Gasteiger partial charge in [0.15, 0.2) is 11.5 Å². The van der Waals surface area contributed by atoms with Crippen LogP contribution in [-0.2, 0) is 32.0 Å². The lowest BCUT2D eigenvalue weighted by Crippen LogP contribution is -2.62. The molecule has 0 unspecified atom stereocenters. The highest BCUT2D eigenvalue weighted by molar-refractivity contribution is 5.82. The van der Waals surface area contributed by atoms with Gasteiger partial charge in [0.2, 0.25) is 17.7 Å². The number of amides is 3. The molecule has 4 aliphatic rings. The van der Waals surface area contributed by atoms with Gasteiger partial charge in [0.05, 0.1) is 27.4 Å². The molecule has 5 rings (SSSR count). The zero-order valence-corrected chi connectivity index (χ0v) is 24.9. The number of carbonyl (C=O) groups excluding carboxylic acids is 3. The molecule has 10 nitrogen and oxygen atoms in total. The Kier molecular flexibility index (Phi) is 9.70. The summed E-state index contributed by atoms with van der Waals surface area (Å²) in [6, 6.07) is 3.86. The van der Waals surface area contributed by atoms with Gasteiger partial charge in [0, 0.05) is 51.6 Å². The van der Waals surface area contributed by atoms with Crippen LogP contribution in [0.5, 0.6) is 11.5 Å². The summed E-state index contributed by atoms with van der Waals surface area (Å²) < 4.78 is 16.9. The van der Waals surface area contributed by atoms with Crippen LogP contribution in [0.2, 0.25) is 0 Å². The van der Waals surface area contributed by atoms with Crippen molar-refractivity contribution in [2.45, 2.75) is 63.5 Å². The van der Waals surface area contributed by atoms with Gasteiger partial charge in [-0.15, -0.1) is 0 Å². The minimum atomic E-state index is -0.243. The van der Waals surface area contributed by atoms with Crippen LogP contribution in [0, 0.1) is 11.8 Å². The quantitative estimate of drug-likeness (QED) is 0.592. The summed E-state index contributed by atoms with van der Waals surface area (Å²) >= 11 is 0. The average Bonchev–Trinajstić information content (AvgIpc) is 2.98. The maximum absolute atomic E-state index is 13.8. The largest absolute Gasteiger partial charge is 0.493 e. The van der Waals surface area contributed by atoms with E-state index in [-0.39, 0.29) is 41.6 Å². The molecule has 3 saturated heterocycles. The van der Waals surface area contributed by atoms with Crippen LogP contribution in [0.15, 0.2) is 12.1 Å². The summed E-state index contributed by atoms with van der Waals surface area (Å²) in [7, 11) is 5.26. The van der Waals surface area contributed by atoms with Crippen molar-refractivity contribution in [3.05, 3.63) is 23.3 Å². The van der Waals surface area contributed by atoms with Crippen molar-refractivity contribution in [1.82, 2.24) is 20.0 Å². The van der Waals surface area contributed by atoms with Gasteiger partial charge in [-0.2, -0.15) is 0 Å². The van der Waals surface area contributed by atoms with Gasteiger partial charge in [-0.3, -0.25) is 19.3 Å². The lowest BCUT2D eigenvalue weighted by molar-refractivity contribution is -0.151. The second-order valence-electron chi connectivity index (χ2n) is 12.1. The van der Waals surface area contributed by atoms with E-state index < -0.39 is 0 Å². The van der Waals surface area contributed by atoms with E-state index in [9.17, 15) is 14.4 Å². The number of aryl methyl sites for hydroxylation is 2. The number of morpholine rings is 1. The Balaban J connectivity index is 1.35. The van der Waals surface area contributed by atoms with Crippen LogP contribution in [0.1, 0.15) is 49.7 Å². The van der Waals surface area contributed by atoms with E-state index in [1.54, 1.807) is 14.2 Å². The van der Waals surface area contributed by atoms with Crippen molar-refractivity contribution in [2.75, 3.05) is 67.2 Å². The fourth-order valence-corrected chi connectivity index (χ4v) is 7.24. The molecule has 3 fully saturated rings. The number of rotatable bonds is 3. The third-order valence-corrected chi connectivity index (χ3v) is 9.37. The fraction of sp³-hybridized carbons (Fsp3) is 0.710. The van der Waals surface area contributed by atoms with Gasteiger partial charge in [0.25, 0.3) is 0 Å². The van der Waals surface area contributed by atoms with Crippen molar-refractivity contribution >= 4 is 17.7 Å². The molecule has 4 atom stereocenters. The molecule has 1 aromatic rings. The maximum Gasteiger partial charge on any atom is 0.242 e. The van der Waals surface area contributed by atoms with Crippen molar-refractivity contribution in [1.29, 1.82) is 0 Å². The first-order chi connectivity index (χ1) is 19.9. The number of likely N-dealkylation sites (N-methyl/N-ethyl adjacent to an activating group) is 1. The lowest BCUT2D eigenvalue weighted by atomic mass is 9.77. The molecule has 0 aliphatic carbocycles. The monoisotopic (exact) mass is 570 g/mol. The summed E-state index contributed by atoms with van der Waals surface area (Å²) in [6.07, 6.45) is 5.52. The van der Waals surface area contributed by atoms with E-state index >= 15 is 0 Å². The van der Waals surface area contributed by atoms with E-state index in [1.165, 1.54) is 0 Å². The molecular weight excluding hydrogens is 524 g/mol. The predicted octanol–water partition coefficient (Wildman–Crippen LogP) is 1.88. The van der Waals surface area contributed by atoms with Crippen molar-refractivity contribution < 1.29 is 28.6 Å². The number of piperidine rings is 2. The highest BCUT2D eigenvalue weighted by Crippen LogP contribution is 2.37. The molecule has 0 saturated carbocycles. The Morgan fingerprint density at radius 1 is 1.02 bits per heavy atom. The van der Waals surface area contributed by atoms with E-state index in [1.807, 2.05) is 18.0 Å². The first-order valence-corrected chi connectivity index (χ1v) is 15.2. The molecule has 41 heavy (non-hydrogen) atoms. The average molecular weight is 571 g/mol. The molecule has 4 aliphatic heterocycles. The molecule has 0 spiro atoms. The highest BCUT2D eigenvalue weighted by Gasteiger charge is 2.44. The molecule has 1 aromatic carbocycles. The van der Waals surface area contributed by atoms with Crippen LogP contribution in [-0.4, -0.2) is 112 Å². The summed E-state index contributed by atoms with van der Waals surface area (Å²) in [4.78, 5) is 46.2. The predicted molar refractivity (Wildman–Crippen MR) is 154 cm³/mol. The van der Waals surface area contributed by atoms with Gasteiger partial charge < -0.3 is 29.3 Å². The zero-order chi connectivity index (χ0) is 28.9. The van der Waals surface area contributed by atoms with E-state index in [0.29, 0.717) is 70.2 Å². The lowest BCUT2D eigenvalue weighted by Gasteiger charge is -2.51. The Hall–Kier alpha value is -2.85. The summed E-state index contributed by atoms with van der Waals surface area (Å²) in [6.45, 7) is 4.43. The number of fused-ring (bicyclic) bond motifs is 6. The van der Waals surface area contributed by atoms with Crippen LogP contribution in [0.3, 0.4) is 0 Å². The maximum atomic E-state index is 13.8. The van der Waals surface area contributed by atoms with E-state index in [4.69, 9.17) is 14.2 Å². The van der Waals surface area contributed by atoms with Crippen LogP contribution >= 0.6 is 0 Å². The number of methoxy groups -OCH3 is 2. The number of carbonyl (C=O) groups is 3. The zero-order valence-electron chi connectivity index (χ0n) is 24.9. The van der Waals surface area contributed by atoms with Gasteiger partial charge in [-0.1, -0.05) is 6.07 Å². The smallest absolute Gasteiger partial charge is 0.242 e. The molecule has 0 aromatic heterocycles. The number of hydrogen-bond donors (Lipinski definition) is 1. The van der Waals surface area contributed by atoms with Crippen LogP contribution in [0.25, 0.3) is 0 Å². The Bertz CT molecular complexity index is 1110. The number of ether oxygens (including phenoxy) is 3. The highest BCUT2D eigenvalue weighted by atomic mass is 16.5. The topological polar surface area (TPSA) is 101 Å². The van der Waals surface area contributed by atoms with Crippen LogP contribution in [0.4, 0.5) is 0 Å². The number of benzene rings is 1. The first-order valence-electron chi connectivity index (χ1n) is 15.2. The third kappa shape index (κ3) is 6.80. The minimum absolute atomic E-state index is 0.0244. The fourth-order valence-electron chi connectivity index (χ4n) is 7.24. The third-order valence-electron chi connectivity index (χ3n) is 9.37. The Labute approximate surface area is 243 Å². The molecule has 1 N–H and O–H groups in total. The van der Waals surface area contributed by atoms with Crippen molar-refractivity contribution in [3.63, 3.8) is 0 Å². The van der Waals surface area contributed by atoms with Gasteiger partial charge >= 0.3 is 0 Å². The number of likely N-dealkylation sites (tertiary alicyclic amines) is 1. The van der Waals surface area contributed by atoms with Crippen LogP contribution < -0.4 is 14.8 Å². The summed E-state index contributed by atoms with van der Waals surface area (Å²) in [5.41, 5.74) is 2.08. The molecule has 4 bridgehead atoms. The normalized spacial score (nSPS) is 28.5. The molecule has 3 amide bonds. The number of nitrogens with one attached hydrogen (secondary N) is 1. The molecule has 226 valence electrons. The van der Waals surface area contributed by atoms with E-state index in [2.05, 4.69) is 21.2 Å². The molecule has 10 heteroatoms. The van der Waals surface area contributed by atoms with Gasteiger partial charge in [0.1, 0.15) is 6.04 Å². The van der Waals surface area contributed by atoms with Gasteiger partial charge in [-0.25, -0.2) is 0 Å². The van der Waals surface area contributed by atoms with Crippen molar-refractivity contribution in [2.24, 2.45) is 11.8 Å². The van der Waals surface area contributed by atoms with E-state index in [0.717, 1.165) is 49.8 Å². The molecule has 4 heterocycles. The second kappa shape index (κ2) is 13.4. The Morgan fingerprint density at radius 2 is 1.88 bits per heavy atom. The second-order valence-corrected chi connectivity index (χ2v) is 12.1. The molecule has 0 radical (unpaired) electrons. The van der Waals surface area contributed by atoms with Gasteiger partial charge in [-0.05, 0) is 74.6 Å². The Morgan fingerprint density at radius 3 is 2.66 bits per heavy atom. The first kappa shape index (κ1) is 29.6. The molecular formula is C31H46N4O6.